The minimum atomic E-state index is -3.13. The summed E-state index contributed by atoms with van der Waals surface area (Å²) in [6.45, 7) is 1.14. The molecule has 1 atom stereocenters. The van der Waals surface area contributed by atoms with E-state index in [1.165, 1.54) is 12.0 Å². The third kappa shape index (κ3) is 5.69. The van der Waals surface area contributed by atoms with E-state index in [9.17, 15) is 22.8 Å². The van der Waals surface area contributed by atoms with Crippen LogP contribution in [0.2, 0.25) is 0 Å². The quantitative estimate of drug-likeness (QED) is 0.597. The first-order valence-electron chi connectivity index (χ1n) is 8.84. The van der Waals surface area contributed by atoms with Crippen LogP contribution in [0.3, 0.4) is 0 Å². The van der Waals surface area contributed by atoms with Gasteiger partial charge in [-0.15, -0.1) is 0 Å². The van der Waals surface area contributed by atoms with E-state index in [-0.39, 0.29) is 17.1 Å². The summed E-state index contributed by atoms with van der Waals surface area (Å²) < 4.78 is 33.2. The van der Waals surface area contributed by atoms with Gasteiger partial charge in [0.25, 0.3) is 11.8 Å². The van der Waals surface area contributed by atoms with Gasteiger partial charge >= 0.3 is 5.97 Å². The summed E-state index contributed by atoms with van der Waals surface area (Å²) in [5.74, 6) is -1.40. The van der Waals surface area contributed by atoms with Gasteiger partial charge in [0.05, 0.1) is 24.2 Å². The molecule has 10 heteroatoms. The second kappa shape index (κ2) is 9.54. The summed E-state index contributed by atoms with van der Waals surface area (Å²) in [6, 6.07) is 6.15. The molecule has 1 fully saturated rings. The molecule has 0 saturated carbocycles. The van der Waals surface area contributed by atoms with E-state index in [4.69, 9.17) is 9.47 Å². The van der Waals surface area contributed by atoms with Crippen molar-refractivity contribution < 1.29 is 32.3 Å². The second-order valence-corrected chi connectivity index (χ2v) is 8.51. The lowest BCUT2D eigenvalue weighted by Crippen LogP contribution is -2.43. The lowest BCUT2D eigenvalue weighted by molar-refractivity contribution is -0.151. The number of nitrogens with zero attached hydrogens (tertiary/aromatic N) is 1. The number of amides is 2. The van der Waals surface area contributed by atoms with Crippen LogP contribution in [0, 0.1) is 0 Å². The third-order valence-electron chi connectivity index (χ3n) is 4.41. The zero-order valence-corrected chi connectivity index (χ0v) is 16.7. The van der Waals surface area contributed by atoms with E-state index in [0.717, 1.165) is 0 Å². The number of para-hydroxylation sites is 1. The number of hydrogen-bond donors (Lipinski definition) is 1. The highest BCUT2D eigenvalue weighted by Gasteiger charge is 2.34. The molecule has 1 aromatic carbocycles. The molecular formula is C18H24N2O7S. The zero-order chi connectivity index (χ0) is 20.7. The van der Waals surface area contributed by atoms with Gasteiger partial charge in [-0.3, -0.25) is 14.4 Å². The fourth-order valence-electron chi connectivity index (χ4n) is 3.02. The van der Waals surface area contributed by atoms with Gasteiger partial charge in [0.15, 0.2) is 16.4 Å². The molecule has 0 aliphatic carbocycles. The Kier molecular flexibility index (Phi) is 7.38. The predicted molar refractivity (Wildman–Crippen MR) is 101 cm³/mol. The van der Waals surface area contributed by atoms with E-state index in [0.29, 0.717) is 18.7 Å². The van der Waals surface area contributed by atoms with Crippen molar-refractivity contribution in [1.82, 2.24) is 10.2 Å². The molecule has 1 N–H and O–H groups in total. The molecule has 2 rings (SSSR count). The number of nitrogens with one attached hydrogen (secondary N) is 1. The predicted octanol–water partition coefficient (Wildman–Crippen LogP) is 0.00380. The van der Waals surface area contributed by atoms with E-state index in [1.807, 2.05) is 0 Å². The summed E-state index contributed by atoms with van der Waals surface area (Å²) in [4.78, 5) is 37.6. The fourth-order valence-corrected chi connectivity index (χ4v) is 4.75. The highest BCUT2D eigenvalue weighted by molar-refractivity contribution is 7.91. The highest BCUT2D eigenvalue weighted by atomic mass is 32.2. The molecule has 9 nitrogen and oxygen atoms in total. The van der Waals surface area contributed by atoms with Gasteiger partial charge in [0.1, 0.15) is 12.3 Å². The van der Waals surface area contributed by atoms with E-state index >= 15 is 0 Å². The van der Waals surface area contributed by atoms with Crippen molar-refractivity contribution in [3.8, 4) is 5.75 Å². The minimum Gasteiger partial charge on any atom is -0.496 e. The van der Waals surface area contributed by atoms with Gasteiger partial charge in [-0.1, -0.05) is 12.1 Å². The molecule has 154 valence electrons. The van der Waals surface area contributed by atoms with E-state index < -0.39 is 46.8 Å². The Morgan fingerprint density at radius 3 is 2.57 bits per heavy atom. The van der Waals surface area contributed by atoms with Crippen molar-refractivity contribution in [2.45, 2.75) is 19.4 Å². The van der Waals surface area contributed by atoms with Crippen LogP contribution in [-0.4, -0.2) is 75.5 Å². The number of carbonyl (C=O) groups is 3. The third-order valence-corrected chi connectivity index (χ3v) is 6.16. The number of hydrogen-bond acceptors (Lipinski definition) is 7. The van der Waals surface area contributed by atoms with Crippen LogP contribution >= 0.6 is 0 Å². The molecule has 0 aromatic heterocycles. The van der Waals surface area contributed by atoms with Crippen LogP contribution in [0.25, 0.3) is 0 Å². The lowest BCUT2D eigenvalue weighted by atomic mass is 10.2. The molecule has 1 aromatic rings. The van der Waals surface area contributed by atoms with Crippen LogP contribution < -0.4 is 10.1 Å². The maximum Gasteiger partial charge on any atom is 0.325 e. The van der Waals surface area contributed by atoms with Gasteiger partial charge in [-0.05, 0) is 25.5 Å². The summed E-state index contributed by atoms with van der Waals surface area (Å²) >= 11 is 0. The summed E-state index contributed by atoms with van der Waals surface area (Å²) in [5.41, 5.74) is 0.272. The molecular weight excluding hydrogens is 388 g/mol. The monoisotopic (exact) mass is 412 g/mol. The molecule has 28 heavy (non-hydrogen) atoms. The molecule has 1 heterocycles. The summed E-state index contributed by atoms with van der Waals surface area (Å²) in [7, 11) is -1.69. The topological polar surface area (TPSA) is 119 Å². The number of rotatable bonds is 8. The molecule has 1 aliphatic heterocycles. The normalized spacial score (nSPS) is 17.6. The first-order chi connectivity index (χ1) is 13.3. The SMILES string of the molecule is CCN(C(=O)COC(=O)CNC(=O)c1ccccc1OC)[C@@H]1CCS(=O)(=O)C1. The van der Waals surface area contributed by atoms with Crippen molar-refractivity contribution in [1.29, 1.82) is 0 Å². The molecule has 1 aliphatic rings. The average Bonchev–Trinajstić information content (AvgIpc) is 3.04. The molecule has 0 unspecified atom stereocenters. The fraction of sp³-hybridized carbons (Fsp3) is 0.500. The molecule has 1 saturated heterocycles. The Labute approximate surface area is 163 Å². The molecule has 0 bridgehead atoms. The Morgan fingerprint density at radius 2 is 1.96 bits per heavy atom. The number of benzene rings is 1. The number of carbonyl (C=O) groups excluding carboxylic acids is 3. The van der Waals surface area contributed by atoms with Crippen LogP contribution in [0.15, 0.2) is 24.3 Å². The summed E-state index contributed by atoms with van der Waals surface area (Å²) in [5, 5.41) is 2.41. The average molecular weight is 412 g/mol. The first-order valence-corrected chi connectivity index (χ1v) is 10.7. The number of esters is 1. The van der Waals surface area contributed by atoms with Gasteiger partial charge < -0.3 is 19.7 Å². The highest BCUT2D eigenvalue weighted by Crippen LogP contribution is 2.18. The van der Waals surface area contributed by atoms with Gasteiger partial charge in [0.2, 0.25) is 0 Å². The Bertz CT molecular complexity index is 838. The maximum atomic E-state index is 12.3. The molecule has 0 spiro atoms. The molecule has 2 amide bonds. The van der Waals surface area contributed by atoms with Crippen molar-refractivity contribution in [2.24, 2.45) is 0 Å². The number of sulfone groups is 1. The van der Waals surface area contributed by atoms with Gasteiger partial charge in [-0.25, -0.2) is 8.42 Å². The lowest BCUT2D eigenvalue weighted by Gasteiger charge is -2.26. The number of likely N-dealkylation sites (N-methyl/N-ethyl adjacent to an activating group) is 1. The minimum absolute atomic E-state index is 0.0518. The van der Waals surface area contributed by atoms with Crippen LogP contribution in [0.1, 0.15) is 23.7 Å². The largest absolute Gasteiger partial charge is 0.496 e. The van der Waals surface area contributed by atoms with Crippen LogP contribution in [0.5, 0.6) is 5.75 Å². The Hall–Kier alpha value is -2.62. The van der Waals surface area contributed by atoms with E-state index in [2.05, 4.69) is 5.32 Å². The van der Waals surface area contributed by atoms with Crippen molar-refractivity contribution >= 4 is 27.6 Å². The second-order valence-electron chi connectivity index (χ2n) is 6.28. The smallest absolute Gasteiger partial charge is 0.325 e. The number of methoxy groups -OCH3 is 1. The van der Waals surface area contributed by atoms with Gasteiger partial charge in [-0.2, -0.15) is 0 Å². The number of ether oxygens (including phenoxy) is 2. The van der Waals surface area contributed by atoms with E-state index in [1.54, 1.807) is 31.2 Å². The zero-order valence-electron chi connectivity index (χ0n) is 15.8. The maximum absolute atomic E-state index is 12.3. The van der Waals surface area contributed by atoms with Crippen LogP contribution in [-0.2, 0) is 24.2 Å². The van der Waals surface area contributed by atoms with Gasteiger partial charge in [0, 0.05) is 12.6 Å². The standard InChI is InChI=1S/C18H24N2O7S/c1-3-20(13-8-9-28(24,25)12-13)16(21)11-27-17(22)10-19-18(23)14-6-4-5-7-15(14)26-2/h4-7,13H,3,8-12H2,1-2H3,(H,19,23)/t13-/m1/s1. The Balaban J connectivity index is 1.81. The first kappa shape index (κ1) is 21.7. The van der Waals surface area contributed by atoms with Crippen molar-refractivity contribution in [3.63, 3.8) is 0 Å². The Morgan fingerprint density at radius 1 is 1.25 bits per heavy atom. The van der Waals surface area contributed by atoms with Crippen LogP contribution in [0.4, 0.5) is 0 Å². The molecule has 0 radical (unpaired) electrons. The summed E-state index contributed by atoms with van der Waals surface area (Å²) in [6.07, 6.45) is 0.380. The van der Waals surface area contributed by atoms with Crippen molar-refractivity contribution in [2.75, 3.05) is 38.3 Å². The van der Waals surface area contributed by atoms with Crippen molar-refractivity contribution in [3.05, 3.63) is 29.8 Å².